The number of ether oxygens (including phenoxy) is 1. The zero-order valence-electron chi connectivity index (χ0n) is 16.1. The van der Waals surface area contributed by atoms with E-state index in [-0.39, 0.29) is 33.7 Å². The van der Waals surface area contributed by atoms with Crippen molar-refractivity contribution in [2.24, 2.45) is 0 Å². The smallest absolute Gasteiger partial charge is 0.262 e. The molecule has 30 heavy (non-hydrogen) atoms. The molecule has 2 heterocycles. The van der Waals surface area contributed by atoms with E-state index in [1.54, 1.807) is 0 Å². The number of nitrogens with one attached hydrogen (secondary N) is 1. The minimum atomic E-state index is -1.00. The van der Waals surface area contributed by atoms with Gasteiger partial charge in [-0.2, -0.15) is 0 Å². The molecule has 0 radical (unpaired) electrons. The Bertz CT molecular complexity index is 949. The molecule has 2 atom stereocenters. The van der Waals surface area contributed by atoms with Crippen LogP contribution in [0.4, 0.5) is 0 Å². The van der Waals surface area contributed by atoms with Crippen LogP contribution in [0.15, 0.2) is 42.5 Å². The summed E-state index contributed by atoms with van der Waals surface area (Å²) in [6, 6.07) is 11.0. The Morgan fingerprint density at radius 1 is 1.10 bits per heavy atom. The van der Waals surface area contributed by atoms with Crippen molar-refractivity contribution < 1.29 is 19.1 Å². The number of imide groups is 1. The van der Waals surface area contributed by atoms with Crippen molar-refractivity contribution in [1.82, 2.24) is 10.2 Å². The van der Waals surface area contributed by atoms with Crippen LogP contribution in [0.5, 0.6) is 0 Å². The molecular formula is C22H20Cl2N2O4. The normalized spacial score (nSPS) is 19.1. The van der Waals surface area contributed by atoms with Crippen LogP contribution in [0.25, 0.3) is 0 Å². The quantitative estimate of drug-likeness (QED) is 0.688. The van der Waals surface area contributed by atoms with Gasteiger partial charge >= 0.3 is 0 Å². The van der Waals surface area contributed by atoms with Crippen molar-refractivity contribution in [3.63, 3.8) is 0 Å². The molecule has 156 valence electrons. The number of rotatable bonds is 6. The molecule has 0 aromatic heterocycles. The molecule has 2 aromatic carbocycles. The average Bonchev–Trinajstić information content (AvgIpc) is 3.34. The summed E-state index contributed by atoms with van der Waals surface area (Å²) in [5.74, 6) is -1.51. The van der Waals surface area contributed by atoms with Crippen LogP contribution in [0.1, 0.15) is 39.1 Å². The topological polar surface area (TPSA) is 75.7 Å². The van der Waals surface area contributed by atoms with Crippen LogP contribution in [-0.2, 0) is 16.0 Å². The molecule has 2 aromatic rings. The fourth-order valence-electron chi connectivity index (χ4n) is 3.81. The van der Waals surface area contributed by atoms with E-state index in [2.05, 4.69) is 5.32 Å². The van der Waals surface area contributed by atoms with Gasteiger partial charge in [0.1, 0.15) is 6.04 Å². The summed E-state index contributed by atoms with van der Waals surface area (Å²) < 4.78 is 5.55. The highest BCUT2D eigenvalue weighted by atomic mass is 35.5. The molecule has 4 rings (SSSR count). The molecule has 0 unspecified atom stereocenters. The third-order valence-electron chi connectivity index (χ3n) is 5.37. The van der Waals surface area contributed by atoms with Gasteiger partial charge in [0.05, 0.1) is 27.3 Å². The monoisotopic (exact) mass is 446 g/mol. The van der Waals surface area contributed by atoms with Crippen molar-refractivity contribution in [1.29, 1.82) is 0 Å². The minimum Gasteiger partial charge on any atom is -0.376 e. The molecule has 0 saturated carbocycles. The molecule has 2 aliphatic heterocycles. The van der Waals surface area contributed by atoms with E-state index in [1.807, 2.05) is 30.3 Å². The molecular weight excluding hydrogens is 427 g/mol. The maximum atomic E-state index is 13.1. The van der Waals surface area contributed by atoms with Crippen LogP contribution < -0.4 is 5.32 Å². The van der Waals surface area contributed by atoms with Gasteiger partial charge in [0.2, 0.25) is 5.91 Å². The molecule has 1 N–H and O–H groups in total. The van der Waals surface area contributed by atoms with Gasteiger partial charge in [-0.05, 0) is 30.5 Å². The number of halogens is 2. The van der Waals surface area contributed by atoms with Crippen molar-refractivity contribution in [3.8, 4) is 0 Å². The van der Waals surface area contributed by atoms with Crippen LogP contribution >= 0.6 is 23.2 Å². The molecule has 0 bridgehead atoms. The zero-order valence-corrected chi connectivity index (χ0v) is 17.6. The summed E-state index contributed by atoms with van der Waals surface area (Å²) in [7, 11) is 0. The van der Waals surface area contributed by atoms with Gasteiger partial charge in [-0.15, -0.1) is 0 Å². The molecule has 3 amide bonds. The lowest BCUT2D eigenvalue weighted by molar-refractivity contribution is -0.125. The van der Waals surface area contributed by atoms with Crippen molar-refractivity contribution >= 4 is 40.9 Å². The fourth-order valence-corrected chi connectivity index (χ4v) is 4.14. The van der Waals surface area contributed by atoms with Crippen molar-refractivity contribution in [2.45, 2.75) is 31.4 Å². The summed E-state index contributed by atoms with van der Waals surface area (Å²) >= 11 is 12.1. The number of benzene rings is 2. The molecule has 6 nitrogen and oxygen atoms in total. The van der Waals surface area contributed by atoms with Gasteiger partial charge in [0, 0.05) is 19.6 Å². The highest BCUT2D eigenvalue weighted by Gasteiger charge is 2.43. The highest BCUT2D eigenvalue weighted by Crippen LogP contribution is 2.33. The maximum Gasteiger partial charge on any atom is 0.262 e. The first kappa shape index (κ1) is 20.8. The predicted octanol–water partition coefficient (Wildman–Crippen LogP) is 3.50. The summed E-state index contributed by atoms with van der Waals surface area (Å²) in [5.41, 5.74) is 1.14. The Labute approximate surface area is 184 Å². The molecule has 1 saturated heterocycles. The van der Waals surface area contributed by atoms with Crippen LogP contribution in [0.3, 0.4) is 0 Å². The Morgan fingerprint density at radius 3 is 2.30 bits per heavy atom. The summed E-state index contributed by atoms with van der Waals surface area (Å²) in [5, 5.41) is 3.21. The minimum absolute atomic E-state index is 0.0499. The van der Waals surface area contributed by atoms with Crippen LogP contribution in [-0.4, -0.2) is 47.9 Å². The number of hydrogen-bond donors (Lipinski definition) is 1. The fraction of sp³-hybridized carbons (Fsp3) is 0.318. The standard InChI is InChI=1S/C22H20Cl2N2O4/c23-17-10-15-16(11-18(17)24)22(29)26(21(15)28)19(9-13-5-2-1-3-6-13)20(27)25-12-14-7-4-8-30-14/h1-3,5-6,10-11,14,19H,4,7-9,12H2,(H,25,27)/t14-,19+/m0/s1. The van der Waals surface area contributed by atoms with Gasteiger partial charge in [-0.1, -0.05) is 53.5 Å². The molecule has 0 spiro atoms. The Hall–Kier alpha value is -2.41. The lowest BCUT2D eigenvalue weighted by atomic mass is 10.0. The van der Waals surface area contributed by atoms with Gasteiger partial charge in [0.15, 0.2) is 0 Å². The number of carbonyl (C=O) groups is 3. The molecule has 1 fully saturated rings. The average molecular weight is 447 g/mol. The van der Waals surface area contributed by atoms with Gasteiger partial charge in [0.25, 0.3) is 11.8 Å². The summed E-state index contributed by atoms with van der Waals surface area (Å²) in [6.07, 6.45) is 1.97. The van der Waals surface area contributed by atoms with Crippen LogP contribution in [0, 0.1) is 0 Å². The highest BCUT2D eigenvalue weighted by molar-refractivity contribution is 6.43. The Kier molecular flexibility index (Phi) is 6.09. The lowest BCUT2D eigenvalue weighted by Crippen LogP contribution is -2.51. The predicted molar refractivity (Wildman–Crippen MR) is 113 cm³/mol. The maximum absolute atomic E-state index is 13.1. The van der Waals surface area contributed by atoms with E-state index in [0.717, 1.165) is 23.3 Å². The van der Waals surface area contributed by atoms with Crippen molar-refractivity contribution in [2.75, 3.05) is 13.2 Å². The van der Waals surface area contributed by atoms with Gasteiger partial charge in [-0.3, -0.25) is 19.3 Å². The van der Waals surface area contributed by atoms with E-state index in [0.29, 0.717) is 13.2 Å². The largest absolute Gasteiger partial charge is 0.376 e. The Morgan fingerprint density at radius 2 is 1.73 bits per heavy atom. The third kappa shape index (κ3) is 4.08. The second-order valence-electron chi connectivity index (χ2n) is 7.38. The molecule has 0 aliphatic carbocycles. The first-order chi connectivity index (χ1) is 14.5. The van der Waals surface area contributed by atoms with E-state index in [1.165, 1.54) is 12.1 Å². The summed E-state index contributed by atoms with van der Waals surface area (Å²) in [4.78, 5) is 40.2. The number of amides is 3. The molecule has 2 aliphatic rings. The second kappa shape index (κ2) is 8.76. The van der Waals surface area contributed by atoms with Gasteiger partial charge in [-0.25, -0.2) is 0 Å². The van der Waals surface area contributed by atoms with E-state index >= 15 is 0 Å². The number of hydrogen-bond acceptors (Lipinski definition) is 4. The first-order valence-electron chi connectivity index (χ1n) is 9.76. The van der Waals surface area contributed by atoms with E-state index < -0.39 is 23.8 Å². The number of carbonyl (C=O) groups excluding carboxylic acids is 3. The summed E-state index contributed by atoms with van der Waals surface area (Å²) in [6.45, 7) is 1.01. The molecule has 8 heteroatoms. The number of nitrogens with zero attached hydrogens (tertiary/aromatic N) is 1. The third-order valence-corrected chi connectivity index (χ3v) is 6.10. The van der Waals surface area contributed by atoms with E-state index in [4.69, 9.17) is 27.9 Å². The van der Waals surface area contributed by atoms with Gasteiger partial charge < -0.3 is 10.1 Å². The zero-order chi connectivity index (χ0) is 21.3. The van der Waals surface area contributed by atoms with Crippen LogP contribution in [0.2, 0.25) is 10.0 Å². The van der Waals surface area contributed by atoms with E-state index in [9.17, 15) is 14.4 Å². The first-order valence-corrected chi connectivity index (χ1v) is 10.5. The SMILES string of the molecule is O=C(NC[C@@H]1CCCO1)[C@@H](Cc1ccccc1)N1C(=O)c2cc(Cl)c(Cl)cc2C1=O. The Balaban J connectivity index is 1.62. The lowest BCUT2D eigenvalue weighted by Gasteiger charge is -2.26. The second-order valence-corrected chi connectivity index (χ2v) is 8.19. The number of fused-ring (bicyclic) bond motifs is 1. The van der Waals surface area contributed by atoms with Crippen molar-refractivity contribution in [3.05, 3.63) is 69.2 Å².